The first kappa shape index (κ1) is 13.4. The number of imidazole rings is 1. The lowest BCUT2D eigenvalue weighted by atomic mass is 10.2. The molecule has 2 N–H and O–H groups in total. The summed E-state index contributed by atoms with van der Waals surface area (Å²) in [6.07, 6.45) is 3.33. The third-order valence-electron chi connectivity index (χ3n) is 2.09. The van der Waals surface area contributed by atoms with Crippen LogP contribution < -0.4 is 5.32 Å². The minimum atomic E-state index is -1.13. The van der Waals surface area contributed by atoms with Gasteiger partial charge in [0.15, 0.2) is 0 Å². The Kier molecular flexibility index (Phi) is 4.90. The summed E-state index contributed by atoms with van der Waals surface area (Å²) in [7, 11) is 3.70. The van der Waals surface area contributed by atoms with Crippen LogP contribution in [0.1, 0.15) is 5.69 Å². The number of alkyl carbamates (subject to hydrolysis) is 1. The second kappa shape index (κ2) is 6.20. The molecule has 0 aliphatic rings. The van der Waals surface area contributed by atoms with Crippen molar-refractivity contribution in [2.45, 2.75) is 18.7 Å². The number of carbonyl (C=O) groups excluding carboxylic acids is 1. The summed E-state index contributed by atoms with van der Waals surface area (Å²) in [6.45, 7) is 0. The van der Waals surface area contributed by atoms with Gasteiger partial charge in [0.1, 0.15) is 6.04 Å². The van der Waals surface area contributed by atoms with Crippen LogP contribution in [0.4, 0.5) is 4.79 Å². The van der Waals surface area contributed by atoms with Crippen LogP contribution in [-0.2, 0) is 22.2 Å². The Morgan fingerprint density at radius 1 is 1.71 bits per heavy atom. The standard InChI is InChI=1S/C9H14N3O4P/c1-16-9(15)11-7(8(13)14)2-6-3-12(5-17)4-10-6/h3-4,7H,2,5,17H2,1H3,(H,11,15)(H,13,14). The van der Waals surface area contributed by atoms with Crippen LogP contribution in [0.5, 0.6) is 0 Å². The number of nitrogens with zero attached hydrogens (tertiary/aromatic N) is 2. The lowest BCUT2D eigenvalue weighted by Crippen LogP contribution is -2.42. The fourth-order valence-electron chi connectivity index (χ4n) is 1.22. The highest BCUT2D eigenvalue weighted by Crippen LogP contribution is 2.03. The molecule has 2 atom stereocenters. The SMILES string of the molecule is COC(=O)NC(Cc1cn(CP)cn1)C(=O)O. The minimum Gasteiger partial charge on any atom is -0.480 e. The molecular formula is C9H14N3O4P. The molecule has 0 fully saturated rings. The lowest BCUT2D eigenvalue weighted by molar-refractivity contribution is -0.139. The molecule has 0 aromatic carbocycles. The monoisotopic (exact) mass is 259 g/mol. The second-order valence-electron chi connectivity index (χ2n) is 3.29. The average molecular weight is 259 g/mol. The first-order valence-electron chi connectivity index (χ1n) is 4.84. The van der Waals surface area contributed by atoms with E-state index < -0.39 is 18.1 Å². The van der Waals surface area contributed by atoms with Crippen LogP contribution in [0.2, 0.25) is 0 Å². The zero-order chi connectivity index (χ0) is 12.8. The number of methoxy groups -OCH3 is 1. The predicted molar refractivity (Wildman–Crippen MR) is 62.6 cm³/mol. The van der Waals surface area contributed by atoms with Gasteiger partial charge >= 0.3 is 12.1 Å². The van der Waals surface area contributed by atoms with E-state index in [4.69, 9.17) is 5.11 Å². The maximum absolute atomic E-state index is 11.0. The summed E-state index contributed by atoms with van der Waals surface area (Å²) in [5.74, 6) is -1.13. The summed E-state index contributed by atoms with van der Waals surface area (Å²) < 4.78 is 6.14. The Morgan fingerprint density at radius 2 is 2.41 bits per heavy atom. The molecule has 0 saturated carbocycles. The largest absolute Gasteiger partial charge is 0.480 e. The molecule has 17 heavy (non-hydrogen) atoms. The molecule has 1 heterocycles. The van der Waals surface area contributed by atoms with Gasteiger partial charge in [-0.1, -0.05) is 0 Å². The van der Waals surface area contributed by atoms with Crippen LogP contribution in [-0.4, -0.2) is 39.9 Å². The number of aliphatic carboxylic acids is 1. The van der Waals surface area contributed by atoms with Crippen LogP contribution in [0.25, 0.3) is 0 Å². The summed E-state index contributed by atoms with van der Waals surface area (Å²) in [5, 5.41) is 11.2. The summed E-state index contributed by atoms with van der Waals surface area (Å²) in [6, 6.07) is -1.05. The maximum atomic E-state index is 11.0. The van der Waals surface area contributed by atoms with Crippen LogP contribution in [0.3, 0.4) is 0 Å². The van der Waals surface area contributed by atoms with Gasteiger partial charge in [-0.2, -0.15) is 0 Å². The van der Waals surface area contributed by atoms with E-state index in [1.165, 1.54) is 7.11 Å². The Balaban J connectivity index is 2.66. The molecule has 0 spiro atoms. The second-order valence-corrected chi connectivity index (χ2v) is 3.66. The number of amides is 1. The molecule has 1 aromatic rings. The highest BCUT2D eigenvalue weighted by molar-refractivity contribution is 7.15. The maximum Gasteiger partial charge on any atom is 0.407 e. The highest BCUT2D eigenvalue weighted by Gasteiger charge is 2.21. The molecule has 1 amide bonds. The van der Waals surface area contributed by atoms with Gasteiger partial charge < -0.3 is 19.7 Å². The molecule has 2 unspecified atom stereocenters. The third-order valence-corrected chi connectivity index (χ3v) is 2.51. The molecular weight excluding hydrogens is 245 g/mol. The summed E-state index contributed by atoms with van der Waals surface area (Å²) >= 11 is 0. The van der Waals surface area contributed by atoms with E-state index in [0.717, 1.165) is 0 Å². The molecule has 0 saturated heterocycles. The average Bonchev–Trinajstić information content (AvgIpc) is 2.75. The number of carbonyl (C=O) groups is 2. The molecule has 94 valence electrons. The van der Waals surface area contributed by atoms with Crippen molar-refractivity contribution in [2.24, 2.45) is 0 Å². The molecule has 0 aliphatic carbocycles. The summed E-state index contributed by atoms with van der Waals surface area (Å²) in [5.41, 5.74) is 0.594. The van der Waals surface area contributed by atoms with Crippen molar-refractivity contribution in [1.82, 2.24) is 14.9 Å². The fourth-order valence-corrected chi connectivity index (χ4v) is 1.42. The van der Waals surface area contributed by atoms with E-state index in [1.807, 2.05) is 0 Å². The Hall–Kier alpha value is -1.62. The molecule has 7 nitrogen and oxygen atoms in total. The van der Waals surface area contributed by atoms with Gasteiger partial charge in [0, 0.05) is 18.9 Å². The first-order valence-corrected chi connectivity index (χ1v) is 5.66. The predicted octanol–water partition coefficient (Wildman–Crippen LogP) is 0.0674. The van der Waals surface area contributed by atoms with Crippen LogP contribution in [0.15, 0.2) is 12.5 Å². The molecule has 8 heteroatoms. The van der Waals surface area contributed by atoms with Crippen molar-refractivity contribution in [1.29, 1.82) is 0 Å². The van der Waals surface area contributed by atoms with Crippen molar-refractivity contribution in [3.05, 3.63) is 18.2 Å². The van der Waals surface area contributed by atoms with Crippen LogP contribution >= 0.6 is 9.24 Å². The van der Waals surface area contributed by atoms with Gasteiger partial charge in [-0.25, -0.2) is 14.6 Å². The quantitative estimate of drug-likeness (QED) is 0.730. The van der Waals surface area contributed by atoms with Gasteiger partial charge in [-0.3, -0.25) is 0 Å². The van der Waals surface area contributed by atoms with Gasteiger partial charge in [-0.15, -0.1) is 9.24 Å². The number of hydrogen-bond acceptors (Lipinski definition) is 4. The number of ether oxygens (including phenoxy) is 1. The van der Waals surface area contributed by atoms with Crippen molar-refractivity contribution in [3.8, 4) is 0 Å². The number of hydrogen-bond donors (Lipinski definition) is 2. The molecule has 0 bridgehead atoms. The summed E-state index contributed by atoms with van der Waals surface area (Å²) in [4.78, 5) is 25.9. The first-order chi connectivity index (χ1) is 8.06. The number of carboxylic acids is 1. The highest BCUT2D eigenvalue weighted by atomic mass is 31.0. The number of nitrogens with one attached hydrogen (secondary N) is 1. The zero-order valence-electron chi connectivity index (χ0n) is 9.29. The number of carboxylic acid groups (broad SMARTS) is 1. The van der Waals surface area contributed by atoms with Gasteiger partial charge in [0.2, 0.25) is 0 Å². The van der Waals surface area contributed by atoms with E-state index in [1.54, 1.807) is 17.1 Å². The van der Waals surface area contributed by atoms with Gasteiger partial charge in [0.05, 0.1) is 19.1 Å². The van der Waals surface area contributed by atoms with E-state index in [9.17, 15) is 9.59 Å². The van der Waals surface area contributed by atoms with Gasteiger partial charge in [0.25, 0.3) is 0 Å². The zero-order valence-corrected chi connectivity index (χ0v) is 10.4. The number of rotatable bonds is 5. The minimum absolute atomic E-state index is 0.113. The molecule has 0 radical (unpaired) electrons. The van der Waals surface area contributed by atoms with Crippen LogP contribution in [0, 0.1) is 0 Å². The van der Waals surface area contributed by atoms with Gasteiger partial charge in [-0.05, 0) is 0 Å². The number of aromatic nitrogens is 2. The lowest BCUT2D eigenvalue weighted by Gasteiger charge is -2.11. The van der Waals surface area contributed by atoms with Crippen molar-refractivity contribution in [3.63, 3.8) is 0 Å². The molecule has 0 aliphatic heterocycles. The molecule has 1 rings (SSSR count). The van der Waals surface area contributed by atoms with Crippen molar-refractivity contribution >= 4 is 21.3 Å². The van der Waals surface area contributed by atoms with Crippen molar-refractivity contribution in [2.75, 3.05) is 7.11 Å². The van der Waals surface area contributed by atoms with E-state index in [0.29, 0.717) is 12.0 Å². The van der Waals surface area contributed by atoms with Crippen molar-refractivity contribution < 1.29 is 19.4 Å². The Morgan fingerprint density at radius 3 is 2.88 bits per heavy atom. The Bertz CT molecular complexity index is 407. The van der Waals surface area contributed by atoms with E-state index in [2.05, 4.69) is 24.3 Å². The molecule has 1 aromatic heterocycles. The Labute approximate surface area is 100 Å². The fraction of sp³-hybridized carbons (Fsp3) is 0.444. The van der Waals surface area contributed by atoms with E-state index >= 15 is 0 Å². The smallest absolute Gasteiger partial charge is 0.407 e. The van der Waals surface area contributed by atoms with E-state index in [-0.39, 0.29) is 6.42 Å². The normalized spacial score (nSPS) is 11.9. The third kappa shape index (κ3) is 4.03. The topological polar surface area (TPSA) is 93.5 Å².